The lowest BCUT2D eigenvalue weighted by Crippen LogP contribution is -2.22. The zero-order chi connectivity index (χ0) is 15.4. The zero-order valence-corrected chi connectivity index (χ0v) is 12.9. The minimum absolute atomic E-state index is 0.0255. The normalized spacial score (nSPS) is 10.3. The Morgan fingerprint density at radius 1 is 1.14 bits per heavy atom. The summed E-state index contributed by atoms with van der Waals surface area (Å²) in [7, 11) is 0. The van der Waals surface area contributed by atoms with E-state index in [2.05, 4.69) is 26.6 Å². The number of amides is 1. The molecule has 2 rings (SSSR count). The monoisotopic (exact) mass is 374 g/mol. The standard InChI is InChI=1S/C14H10BrClF2N2O/c15-8-5-13(11(18)6-10(8)17)19-7-14(21)20-12-4-2-1-3-9(12)16/h1-6,19H,7H2,(H,20,21). The van der Waals surface area contributed by atoms with Crippen molar-refractivity contribution < 1.29 is 13.6 Å². The van der Waals surface area contributed by atoms with Gasteiger partial charge in [-0.15, -0.1) is 0 Å². The number of hydrogen-bond donors (Lipinski definition) is 2. The number of carbonyl (C=O) groups is 1. The lowest BCUT2D eigenvalue weighted by molar-refractivity contribution is -0.114. The topological polar surface area (TPSA) is 41.1 Å². The van der Waals surface area contributed by atoms with Crippen LogP contribution in [0.15, 0.2) is 40.9 Å². The zero-order valence-electron chi connectivity index (χ0n) is 10.6. The van der Waals surface area contributed by atoms with Crippen LogP contribution in [0.4, 0.5) is 20.2 Å². The van der Waals surface area contributed by atoms with Crippen molar-refractivity contribution in [3.8, 4) is 0 Å². The maximum absolute atomic E-state index is 13.5. The minimum Gasteiger partial charge on any atom is -0.374 e. The molecule has 0 aliphatic carbocycles. The van der Waals surface area contributed by atoms with Crippen LogP contribution in [-0.4, -0.2) is 12.5 Å². The third kappa shape index (κ3) is 4.15. The number of para-hydroxylation sites is 1. The van der Waals surface area contributed by atoms with Gasteiger partial charge in [-0.1, -0.05) is 23.7 Å². The van der Waals surface area contributed by atoms with Gasteiger partial charge in [0.2, 0.25) is 5.91 Å². The summed E-state index contributed by atoms with van der Waals surface area (Å²) in [5, 5.41) is 5.58. The molecule has 0 saturated carbocycles. The van der Waals surface area contributed by atoms with E-state index in [-0.39, 0.29) is 16.7 Å². The molecule has 0 aliphatic heterocycles. The Hall–Kier alpha value is -1.66. The summed E-state index contributed by atoms with van der Waals surface area (Å²) < 4.78 is 26.7. The second-order valence-electron chi connectivity index (χ2n) is 4.13. The maximum atomic E-state index is 13.5. The van der Waals surface area contributed by atoms with Crippen LogP contribution in [0.5, 0.6) is 0 Å². The summed E-state index contributed by atoms with van der Waals surface area (Å²) in [6.45, 7) is -0.180. The fraction of sp³-hybridized carbons (Fsp3) is 0.0714. The number of halogens is 4. The molecule has 2 aromatic rings. The first kappa shape index (κ1) is 15.7. The maximum Gasteiger partial charge on any atom is 0.243 e. The van der Waals surface area contributed by atoms with E-state index in [0.29, 0.717) is 10.7 Å². The number of hydrogen-bond acceptors (Lipinski definition) is 2. The van der Waals surface area contributed by atoms with E-state index in [9.17, 15) is 13.6 Å². The fourth-order valence-corrected chi connectivity index (χ4v) is 2.12. The van der Waals surface area contributed by atoms with Crippen molar-refractivity contribution in [3.63, 3.8) is 0 Å². The minimum atomic E-state index is -0.777. The van der Waals surface area contributed by atoms with Crippen molar-refractivity contribution >= 4 is 44.8 Å². The van der Waals surface area contributed by atoms with Gasteiger partial charge in [0.05, 0.1) is 27.4 Å². The predicted octanol–water partition coefficient (Wildman–Crippen LogP) is 4.43. The van der Waals surface area contributed by atoms with Crippen molar-refractivity contribution in [3.05, 3.63) is 57.5 Å². The first-order chi connectivity index (χ1) is 9.97. The number of benzene rings is 2. The average molecular weight is 376 g/mol. The molecule has 0 heterocycles. The lowest BCUT2D eigenvalue weighted by atomic mass is 10.3. The molecule has 0 atom stereocenters. The summed E-state index contributed by atoms with van der Waals surface area (Å²) >= 11 is 8.86. The van der Waals surface area contributed by atoms with E-state index in [4.69, 9.17) is 11.6 Å². The van der Waals surface area contributed by atoms with Crippen molar-refractivity contribution in [1.29, 1.82) is 0 Å². The van der Waals surface area contributed by atoms with Gasteiger partial charge in [-0.25, -0.2) is 8.78 Å². The van der Waals surface area contributed by atoms with Gasteiger partial charge in [0.1, 0.15) is 11.6 Å². The van der Waals surface area contributed by atoms with E-state index in [1.54, 1.807) is 24.3 Å². The molecule has 0 radical (unpaired) electrons. The van der Waals surface area contributed by atoms with Gasteiger partial charge in [-0.05, 0) is 34.1 Å². The molecule has 2 aromatic carbocycles. The van der Waals surface area contributed by atoms with E-state index in [1.807, 2.05) is 0 Å². The number of nitrogens with one attached hydrogen (secondary N) is 2. The van der Waals surface area contributed by atoms with E-state index in [0.717, 1.165) is 6.07 Å². The molecule has 7 heteroatoms. The molecular weight excluding hydrogens is 366 g/mol. The molecule has 0 aromatic heterocycles. The molecule has 0 bridgehead atoms. The quantitative estimate of drug-likeness (QED) is 0.776. The van der Waals surface area contributed by atoms with Gasteiger partial charge >= 0.3 is 0 Å². The highest BCUT2D eigenvalue weighted by atomic mass is 79.9. The molecular formula is C14H10BrClF2N2O. The van der Waals surface area contributed by atoms with E-state index in [1.165, 1.54) is 6.07 Å². The first-order valence-corrected chi connectivity index (χ1v) is 7.07. The van der Waals surface area contributed by atoms with Gasteiger partial charge in [0, 0.05) is 6.07 Å². The summed E-state index contributed by atoms with van der Waals surface area (Å²) in [5.41, 5.74) is 0.490. The summed E-state index contributed by atoms with van der Waals surface area (Å²) in [5.74, 6) is -1.89. The van der Waals surface area contributed by atoms with Crippen molar-refractivity contribution in [2.75, 3.05) is 17.2 Å². The third-order valence-electron chi connectivity index (χ3n) is 2.60. The average Bonchev–Trinajstić information content (AvgIpc) is 2.44. The highest BCUT2D eigenvalue weighted by molar-refractivity contribution is 9.10. The van der Waals surface area contributed by atoms with Crippen LogP contribution in [0.2, 0.25) is 5.02 Å². The van der Waals surface area contributed by atoms with Gasteiger partial charge in [0.25, 0.3) is 0 Å². The Labute approximate surface area is 133 Å². The van der Waals surface area contributed by atoms with Crippen LogP contribution < -0.4 is 10.6 Å². The van der Waals surface area contributed by atoms with Crippen molar-refractivity contribution in [2.45, 2.75) is 0 Å². The van der Waals surface area contributed by atoms with Crippen LogP contribution in [0.25, 0.3) is 0 Å². The number of rotatable bonds is 4. The Bertz CT molecular complexity index is 682. The van der Waals surface area contributed by atoms with Gasteiger partial charge in [-0.3, -0.25) is 4.79 Å². The van der Waals surface area contributed by atoms with E-state index < -0.39 is 17.5 Å². The van der Waals surface area contributed by atoms with Gasteiger partial charge < -0.3 is 10.6 Å². The Morgan fingerprint density at radius 2 is 1.86 bits per heavy atom. The Balaban J connectivity index is 1.99. The van der Waals surface area contributed by atoms with Crippen LogP contribution in [0.1, 0.15) is 0 Å². The van der Waals surface area contributed by atoms with Crippen molar-refractivity contribution in [2.24, 2.45) is 0 Å². The van der Waals surface area contributed by atoms with Crippen LogP contribution in [0, 0.1) is 11.6 Å². The largest absolute Gasteiger partial charge is 0.374 e. The highest BCUT2D eigenvalue weighted by Gasteiger charge is 2.10. The molecule has 3 nitrogen and oxygen atoms in total. The summed E-state index contributed by atoms with van der Waals surface area (Å²) in [4.78, 5) is 11.8. The molecule has 0 fully saturated rings. The lowest BCUT2D eigenvalue weighted by Gasteiger charge is -2.10. The Morgan fingerprint density at radius 3 is 2.57 bits per heavy atom. The van der Waals surface area contributed by atoms with E-state index >= 15 is 0 Å². The number of anilines is 2. The summed E-state index contributed by atoms with van der Waals surface area (Å²) in [6.07, 6.45) is 0. The van der Waals surface area contributed by atoms with Gasteiger partial charge in [-0.2, -0.15) is 0 Å². The third-order valence-corrected chi connectivity index (χ3v) is 3.53. The highest BCUT2D eigenvalue weighted by Crippen LogP contribution is 2.24. The molecule has 2 N–H and O–H groups in total. The molecule has 0 saturated heterocycles. The summed E-state index contributed by atoms with van der Waals surface area (Å²) in [6, 6.07) is 8.72. The predicted molar refractivity (Wildman–Crippen MR) is 82.6 cm³/mol. The van der Waals surface area contributed by atoms with Crippen LogP contribution in [-0.2, 0) is 4.79 Å². The Kier molecular flexibility index (Phi) is 5.14. The van der Waals surface area contributed by atoms with Crippen molar-refractivity contribution in [1.82, 2.24) is 0 Å². The molecule has 21 heavy (non-hydrogen) atoms. The van der Waals surface area contributed by atoms with Crippen LogP contribution in [0.3, 0.4) is 0 Å². The number of carbonyl (C=O) groups excluding carboxylic acids is 1. The molecule has 1 amide bonds. The second kappa shape index (κ2) is 6.87. The smallest absolute Gasteiger partial charge is 0.243 e. The second-order valence-corrected chi connectivity index (χ2v) is 5.39. The fourth-order valence-electron chi connectivity index (χ4n) is 1.59. The molecule has 0 aliphatic rings. The first-order valence-electron chi connectivity index (χ1n) is 5.90. The SMILES string of the molecule is O=C(CNc1cc(Br)c(F)cc1F)Nc1ccccc1Cl. The molecule has 0 unspecified atom stereocenters. The molecule has 0 spiro atoms. The molecule has 110 valence electrons. The van der Waals surface area contributed by atoms with Gasteiger partial charge in [0.15, 0.2) is 0 Å². The van der Waals surface area contributed by atoms with Crippen LogP contribution >= 0.6 is 27.5 Å².